The first-order chi connectivity index (χ1) is 12.1. The predicted octanol–water partition coefficient (Wildman–Crippen LogP) is 3.29. The van der Waals surface area contributed by atoms with Crippen LogP contribution in [0.1, 0.15) is 26.3 Å². The van der Waals surface area contributed by atoms with E-state index in [0.29, 0.717) is 31.3 Å². The second-order valence-electron chi connectivity index (χ2n) is 7.17. The first kappa shape index (κ1) is 20.3. The molecule has 144 valence electrons. The highest BCUT2D eigenvalue weighted by molar-refractivity contribution is 6.33. The molecule has 26 heavy (non-hydrogen) atoms. The number of nitro groups is 1. The Hall–Kier alpha value is -2.06. The Kier molecular flexibility index (Phi) is 6.30. The Morgan fingerprint density at radius 1 is 1.50 bits per heavy atom. The number of non-ortho nitro benzene ring substituents is 1. The fourth-order valence-corrected chi connectivity index (χ4v) is 3.16. The van der Waals surface area contributed by atoms with Crippen LogP contribution in [0.15, 0.2) is 12.1 Å². The molecule has 1 amide bonds. The molecule has 1 heterocycles. The van der Waals surface area contributed by atoms with Gasteiger partial charge in [-0.25, -0.2) is 4.79 Å². The highest BCUT2D eigenvalue weighted by atomic mass is 35.5. The molecule has 1 unspecified atom stereocenters. The lowest BCUT2D eigenvalue weighted by atomic mass is 10.1. The van der Waals surface area contributed by atoms with Crippen LogP contribution in [0, 0.1) is 17.0 Å². The van der Waals surface area contributed by atoms with Gasteiger partial charge in [-0.15, -0.1) is 0 Å². The number of amides is 1. The van der Waals surface area contributed by atoms with Gasteiger partial charge < -0.3 is 19.7 Å². The van der Waals surface area contributed by atoms with Crippen LogP contribution >= 0.6 is 11.6 Å². The third-order valence-electron chi connectivity index (χ3n) is 3.78. The molecular weight excluding hydrogens is 362 g/mol. The van der Waals surface area contributed by atoms with Crippen LogP contribution in [0.5, 0.6) is 0 Å². The monoisotopic (exact) mass is 385 g/mol. The van der Waals surface area contributed by atoms with Crippen molar-refractivity contribution < 1.29 is 19.2 Å². The third-order valence-corrected chi connectivity index (χ3v) is 4.07. The zero-order valence-electron chi connectivity index (χ0n) is 15.4. The van der Waals surface area contributed by atoms with Crippen molar-refractivity contribution in [2.45, 2.75) is 39.4 Å². The summed E-state index contributed by atoms with van der Waals surface area (Å²) >= 11 is 6.28. The molecule has 1 atom stereocenters. The molecule has 9 heteroatoms. The number of rotatable bonds is 4. The van der Waals surface area contributed by atoms with Gasteiger partial charge in [-0.2, -0.15) is 0 Å². The van der Waals surface area contributed by atoms with E-state index in [4.69, 9.17) is 21.1 Å². The van der Waals surface area contributed by atoms with Crippen LogP contribution in [-0.4, -0.2) is 49.0 Å². The van der Waals surface area contributed by atoms with Crippen LogP contribution in [0.25, 0.3) is 0 Å². The summed E-state index contributed by atoms with van der Waals surface area (Å²) < 4.78 is 10.9. The van der Waals surface area contributed by atoms with Crippen LogP contribution in [0.3, 0.4) is 0 Å². The average molecular weight is 386 g/mol. The lowest BCUT2D eigenvalue weighted by molar-refractivity contribution is -0.384. The van der Waals surface area contributed by atoms with E-state index in [2.05, 4.69) is 5.32 Å². The Balaban J connectivity index is 2.02. The SMILES string of the molecule is Cc1cc([N+](=O)[O-])cc(Cl)c1N1CCOC(CNC(=O)OC(C)(C)C)C1. The lowest BCUT2D eigenvalue weighted by Crippen LogP contribution is -2.48. The van der Waals surface area contributed by atoms with Crippen LogP contribution < -0.4 is 10.2 Å². The Labute approximate surface area is 157 Å². The molecule has 2 rings (SSSR count). The standard InChI is InChI=1S/C17H24ClN3O5/c1-11-7-12(21(23)24)8-14(18)15(11)20-5-6-25-13(10-20)9-19-16(22)26-17(2,3)4/h7-8,13H,5-6,9-10H2,1-4H3,(H,19,22). The van der Waals surface area contributed by atoms with Crippen molar-refractivity contribution in [1.82, 2.24) is 5.32 Å². The number of nitrogens with zero attached hydrogens (tertiary/aromatic N) is 2. The third kappa shape index (κ3) is 5.47. The van der Waals surface area contributed by atoms with E-state index in [1.54, 1.807) is 27.7 Å². The first-order valence-corrected chi connectivity index (χ1v) is 8.72. The van der Waals surface area contributed by atoms with Gasteiger partial charge in [-0.05, 0) is 33.3 Å². The smallest absolute Gasteiger partial charge is 0.407 e. The fourth-order valence-electron chi connectivity index (χ4n) is 2.78. The van der Waals surface area contributed by atoms with E-state index in [1.165, 1.54) is 12.1 Å². The van der Waals surface area contributed by atoms with E-state index < -0.39 is 16.6 Å². The summed E-state index contributed by atoms with van der Waals surface area (Å²) in [6.07, 6.45) is -0.732. The summed E-state index contributed by atoms with van der Waals surface area (Å²) in [5.41, 5.74) is 0.882. The maximum Gasteiger partial charge on any atom is 0.407 e. The van der Waals surface area contributed by atoms with Gasteiger partial charge in [-0.3, -0.25) is 10.1 Å². The summed E-state index contributed by atoms with van der Waals surface area (Å²) in [6.45, 7) is 9.07. The number of morpholine rings is 1. The van der Waals surface area contributed by atoms with Gasteiger partial charge in [-0.1, -0.05) is 11.6 Å². The van der Waals surface area contributed by atoms with Crippen molar-refractivity contribution in [3.63, 3.8) is 0 Å². The van der Waals surface area contributed by atoms with Gasteiger partial charge in [0.1, 0.15) is 5.60 Å². The average Bonchev–Trinajstić information content (AvgIpc) is 2.51. The Morgan fingerprint density at radius 2 is 2.19 bits per heavy atom. The number of hydrogen-bond donors (Lipinski definition) is 1. The molecule has 0 saturated carbocycles. The number of nitro benzene ring substituents is 1. The molecule has 1 aromatic carbocycles. The van der Waals surface area contributed by atoms with E-state index in [0.717, 1.165) is 11.3 Å². The molecule has 1 aromatic rings. The second kappa shape index (κ2) is 8.09. The van der Waals surface area contributed by atoms with Crippen LogP contribution in [0.2, 0.25) is 5.02 Å². The highest BCUT2D eigenvalue weighted by Gasteiger charge is 2.26. The van der Waals surface area contributed by atoms with Crippen molar-refractivity contribution in [3.05, 3.63) is 32.8 Å². The molecule has 0 aromatic heterocycles. The number of carbonyl (C=O) groups excluding carboxylic acids is 1. The molecule has 1 N–H and O–H groups in total. The van der Waals surface area contributed by atoms with Gasteiger partial charge in [0.25, 0.3) is 5.69 Å². The molecule has 0 spiro atoms. The second-order valence-corrected chi connectivity index (χ2v) is 7.58. The highest BCUT2D eigenvalue weighted by Crippen LogP contribution is 2.34. The molecular formula is C17H24ClN3O5. The fraction of sp³-hybridized carbons (Fsp3) is 0.588. The largest absolute Gasteiger partial charge is 0.444 e. The van der Waals surface area contributed by atoms with Gasteiger partial charge >= 0.3 is 6.09 Å². The minimum Gasteiger partial charge on any atom is -0.444 e. The van der Waals surface area contributed by atoms with Gasteiger partial charge in [0.15, 0.2) is 0 Å². The van der Waals surface area contributed by atoms with Crippen molar-refractivity contribution in [2.24, 2.45) is 0 Å². The number of aryl methyl sites for hydroxylation is 1. The number of alkyl carbamates (subject to hydrolysis) is 1. The van der Waals surface area contributed by atoms with E-state index in [9.17, 15) is 14.9 Å². The number of hydrogen-bond acceptors (Lipinski definition) is 6. The van der Waals surface area contributed by atoms with E-state index >= 15 is 0 Å². The zero-order chi connectivity index (χ0) is 19.5. The number of carbonyl (C=O) groups is 1. The molecule has 0 aliphatic carbocycles. The number of halogens is 1. The topological polar surface area (TPSA) is 93.9 Å². The number of ether oxygens (including phenoxy) is 2. The molecule has 1 aliphatic heterocycles. The summed E-state index contributed by atoms with van der Waals surface area (Å²) in [7, 11) is 0. The van der Waals surface area contributed by atoms with E-state index in [-0.39, 0.29) is 11.8 Å². The predicted molar refractivity (Wildman–Crippen MR) is 99.0 cm³/mol. The zero-order valence-corrected chi connectivity index (χ0v) is 16.1. The van der Waals surface area contributed by atoms with Crippen LogP contribution in [0.4, 0.5) is 16.2 Å². The molecule has 8 nitrogen and oxygen atoms in total. The van der Waals surface area contributed by atoms with Crippen molar-refractivity contribution in [1.29, 1.82) is 0 Å². The summed E-state index contributed by atoms with van der Waals surface area (Å²) in [6, 6.07) is 2.86. The normalized spacial score (nSPS) is 17.7. The van der Waals surface area contributed by atoms with Gasteiger partial charge in [0.05, 0.1) is 28.3 Å². The molecule has 0 radical (unpaired) electrons. The lowest BCUT2D eigenvalue weighted by Gasteiger charge is -2.36. The Morgan fingerprint density at radius 3 is 2.77 bits per heavy atom. The van der Waals surface area contributed by atoms with E-state index in [1.807, 2.05) is 4.90 Å². The summed E-state index contributed by atoms with van der Waals surface area (Å²) in [5.74, 6) is 0. The van der Waals surface area contributed by atoms with Crippen molar-refractivity contribution >= 4 is 29.1 Å². The summed E-state index contributed by atoms with van der Waals surface area (Å²) in [5, 5.41) is 14.0. The Bertz CT molecular complexity index is 666. The minimum atomic E-state index is -0.563. The number of nitrogens with one attached hydrogen (secondary N) is 1. The first-order valence-electron chi connectivity index (χ1n) is 8.35. The molecule has 1 fully saturated rings. The maximum atomic E-state index is 11.8. The van der Waals surface area contributed by atoms with Crippen molar-refractivity contribution in [3.8, 4) is 0 Å². The number of anilines is 1. The minimum absolute atomic E-state index is 0.0346. The molecule has 1 saturated heterocycles. The maximum absolute atomic E-state index is 11.8. The molecule has 1 aliphatic rings. The van der Waals surface area contributed by atoms with Crippen molar-refractivity contribution in [2.75, 3.05) is 31.1 Å². The van der Waals surface area contributed by atoms with Crippen LogP contribution in [-0.2, 0) is 9.47 Å². The van der Waals surface area contributed by atoms with Gasteiger partial charge in [0.2, 0.25) is 0 Å². The quantitative estimate of drug-likeness (QED) is 0.631. The molecule has 0 bridgehead atoms. The summed E-state index contributed by atoms with van der Waals surface area (Å²) in [4.78, 5) is 24.3. The number of benzene rings is 1. The van der Waals surface area contributed by atoms with Gasteiger partial charge in [0, 0.05) is 31.8 Å².